The molecule has 1 N–H and O–H groups in total. The second-order valence-electron chi connectivity index (χ2n) is 7.78. The zero-order chi connectivity index (χ0) is 16.2. The second-order valence-corrected chi connectivity index (χ2v) is 7.78. The highest BCUT2D eigenvalue weighted by atomic mass is 15.3. The Morgan fingerprint density at radius 2 is 1.77 bits per heavy atom. The summed E-state index contributed by atoms with van der Waals surface area (Å²) >= 11 is 0. The van der Waals surface area contributed by atoms with E-state index in [-0.39, 0.29) is 0 Å². The summed E-state index contributed by atoms with van der Waals surface area (Å²) in [6.45, 7) is 13.6. The maximum atomic E-state index is 4.52. The molecule has 1 spiro atoms. The molecule has 1 saturated carbocycles. The summed E-state index contributed by atoms with van der Waals surface area (Å²) in [6.07, 6.45) is 7.07. The lowest BCUT2D eigenvalue weighted by molar-refractivity contribution is 0.178. The number of nitrogens with zero attached hydrogens (tertiary/aromatic N) is 3. The molecule has 22 heavy (non-hydrogen) atoms. The molecule has 0 amide bonds. The fourth-order valence-corrected chi connectivity index (χ4v) is 4.39. The van der Waals surface area contributed by atoms with E-state index in [4.69, 9.17) is 0 Å². The Bertz CT molecular complexity index is 361. The normalized spacial score (nSPS) is 21.8. The molecule has 4 nitrogen and oxygen atoms in total. The summed E-state index contributed by atoms with van der Waals surface area (Å²) in [5, 5.41) is 3.59. The molecule has 128 valence electrons. The molecule has 0 radical (unpaired) electrons. The SMILES string of the molecule is CN=C(NCCN(C(C)C)C(C)C)N1CCC2(CCCC2)C1. The van der Waals surface area contributed by atoms with E-state index < -0.39 is 0 Å². The lowest BCUT2D eigenvalue weighted by Crippen LogP contribution is -2.46. The van der Waals surface area contributed by atoms with Gasteiger partial charge in [0.2, 0.25) is 0 Å². The number of hydrogen-bond acceptors (Lipinski definition) is 2. The van der Waals surface area contributed by atoms with Crippen LogP contribution >= 0.6 is 0 Å². The zero-order valence-electron chi connectivity index (χ0n) is 15.4. The molecule has 1 aliphatic heterocycles. The van der Waals surface area contributed by atoms with Gasteiger partial charge < -0.3 is 10.2 Å². The first-order valence-corrected chi connectivity index (χ1v) is 9.19. The van der Waals surface area contributed by atoms with Crippen LogP contribution in [0.1, 0.15) is 59.8 Å². The first kappa shape index (κ1) is 17.6. The van der Waals surface area contributed by atoms with E-state index in [1.165, 1.54) is 45.2 Å². The van der Waals surface area contributed by atoms with Crippen molar-refractivity contribution in [3.8, 4) is 0 Å². The van der Waals surface area contributed by atoms with Gasteiger partial charge in [-0.25, -0.2) is 0 Å². The Balaban J connectivity index is 1.81. The van der Waals surface area contributed by atoms with Gasteiger partial charge in [0, 0.05) is 45.3 Å². The van der Waals surface area contributed by atoms with E-state index in [9.17, 15) is 0 Å². The number of rotatable bonds is 5. The number of guanidine groups is 1. The predicted molar refractivity (Wildman–Crippen MR) is 95.4 cm³/mol. The van der Waals surface area contributed by atoms with Crippen LogP contribution in [0.2, 0.25) is 0 Å². The summed E-state index contributed by atoms with van der Waals surface area (Å²) in [6, 6.07) is 1.19. The lowest BCUT2D eigenvalue weighted by Gasteiger charge is -2.31. The van der Waals surface area contributed by atoms with E-state index >= 15 is 0 Å². The van der Waals surface area contributed by atoms with E-state index in [0.29, 0.717) is 17.5 Å². The average Bonchev–Trinajstić information content (AvgIpc) is 3.09. The molecule has 1 aliphatic carbocycles. The molecule has 0 aromatic heterocycles. The van der Waals surface area contributed by atoms with Crippen molar-refractivity contribution >= 4 is 5.96 Å². The fourth-order valence-electron chi connectivity index (χ4n) is 4.39. The molecule has 0 aromatic carbocycles. The van der Waals surface area contributed by atoms with E-state index in [1.54, 1.807) is 0 Å². The van der Waals surface area contributed by atoms with Crippen LogP contribution in [0.4, 0.5) is 0 Å². The van der Waals surface area contributed by atoms with Crippen molar-refractivity contribution in [1.29, 1.82) is 0 Å². The summed E-state index contributed by atoms with van der Waals surface area (Å²) in [5.74, 6) is 1.11. The molecule has 2 fully saturated rings. The Hall–Kier alpha value is -0.770. The smallest absolute Gasteiger partial charge is 0.193 e. The zero-order valence-corrected chi connectivity index (χ0v) is 15.4. The topological polar surface area (TPSA) is 30.9 Å². The third-order valence-electron chi connectivity index (χ3n) is 5.59. The van der Waals surface area contributed by atoms with Crippen LogP contribution in [-0.4, -0.2) is 61.1 Å². The van der Waals surface area contributed by atoms with Gasteiger partial charge in [-0.2, -0.15) is 0 Å². The van der Waals surface area contributed by atoms with E-state index in [2.05, 4.69) is 47.8 Å². The van der Waals surface area contributed by atoms with Crippen LogP contribution in [0.5, 0.6) is 0 Å². The number of aliphatic imine (C=N–C) groups is 1. The van der Waals surface area contributed by atoms with Crippen molar-refractivity contribution in [3.05, 3.63) is 0 Å². The molecule has 1 heterocycles. The van der Waals surface area contributed by atoms with Crippen LogP contribution < -0.4 is 5.32 Å². The third kappa shape index (κ3) is 4.15. The monoisotopic (exact) mass is 308 g/mol. The van der Waals surface area contributed by atoms with Crippen LogP contribution in [0, 0.1) is 5.41 Å². The molecule has 1 saturated heterocycles. The van der Waals surface area contributed by atoms with Crippen molar-refractivity contribution in [2.75, 3.05) is 33.2 Å². The highest BCUT2D eigenvalue weighted by Gasteiger charge is 2.41. The molecular formula is C18H36N4. The van der Waals surface area contributed by atoms with Gasteiger partial charge in [-0.1, -0.05) is 12.8 Å². The Kier molecular flexibility index (Phi) is 6.13. The molecule has 0 unspecified atom stereocenters. The molecule has 0 aromatic rings. The van der Waals surface area contributed by atoms with Crippen molar-refractivity contribution < 1.29 is 0 Å². The molecule has 2 aliphatic rings. The van der Waals surface area contributed by atoms with Crippen molar-refractivity contribution in [2.24, 2.45) is 10.4 Å². The Morgan fingerprint density at radius 3 is 2.32 bits per heavy atom. The van der Waals surface area contributed by atoms with Crippen LogP contribution in [0.3, 0.4) is 0 Å². The molecule has 2 rings (SSSR count). The summed E-state index contributed by atoms with van der Waals surface area (Å²) in [4.78, 5) is 9.54. The molecular weight excluding hydrogens is 272 g/mol. The number of hydrogen-bond donors (Lipinski definition) is 1. The molecule has 4 heteroatoms. The first-order valence-electron chi connectivity index (χ1n) is 9.19. The summed E-state index contributed by atoms with van der Waals surface area (Å²) in [5.41, 5.74) is 0.611. The summed E-state index contributed by atoms with van der Waals surface area (Å²) < 4.78 is 0. The van der Waals surface area contributed by atoms with Gasteiger partial charge in [-0.3, -0.25) is 9.89 Å². The predicted octanol–water partition coefficient (Wildman–Crippen LogP) is 2.95. The van der Waals surface area contributed by atoms with Gasteiger partial charge in [0.25, 0.3) is 0 Å². The van der Waals surface area contributed by atoms with Crippen LogP contribution in [-0.2, 0) is 0 Å². The maximum Gasteiger partial charge on any atom is 0.193 e. The standard InChI is InChI=1S/C18H36N4/c1-15(2)22(16(3)4)13-11-20-17(19-5)21-12-10-18(14-21)8-6-7-9-18/h15-16H,6-14H2,1-5H3,(H,19,20). The van der Waals surface area contributed by atoms with Crippen molar-refractivity contribution in [1.82, 2.24) is 15.1 Å². The van der Waals surface area contributed by atoms with E-state index in [1.807, 2.05) is 7.05 Å². The van der Waals surface area contributed by atoms with Gasteiger partial charge in [-0.15, -0.1) is 0 Å². The summed E-state index contributed by atoms with van der Waals surface area (Å²) in [7, 11) is 1.92. The largest absolute Gasteiger partial charge is 0.355 e. The highest BCUT2D eigenvalue weighted by Crippen LogP contribution is 2.45. The highest BCUT2D eigenvalue weighted by molar-refractivity contribution is 5.80. The number of likely N-dealkylation sites (tertiary alicyclic amines) is 1. The van der Waals surface area contributed by atoms with Crippen molar-refractivity contribution in [2.45, 2.75) is 71.9 Å². The minimum Gasteiger partial charge on any atom is -0.355 e. The van der Waals surface area contributed by atoms with Gasteiger partial charge in [0.1, 0.15) is 0 Å². The molecule has 0 atom stereocenters. The minimum absolute atomic E-state index is 0.595. The maximum absolute atomic E-state index is 4.52. The Morgan fingerprint density at radius 1 is 1.14 bits per heavy atom. The van der Waals surface area contributed by atoms with Gasteiger partial charge in [0.15, 0.2) is 5.96 Å². The molecule has 0 bridgehead atoms. The van der Waals surface area contributed by atoms with Gasteiger partial charge in [-0.05, 0) is 52.4 Å². The lowest BCUT2D eigenvalue weighted by atomic mass is 9.86. The third-order valence-corrected chi connectivity index (χ3v) is 5.59. The second kappa shape index (κ2) is 7.67. The quantitative estimate of drug-likeness (QED) is 0.626. The fraction of sp³-hybridized carbons (Fsp3) is 0.944. The number of nitrogens with one attached hydrogen (secondary N) is 1. The minimum atomic E-state index is 0.595. The van der Waals surface area contributed by atoms with Gasteiger partial charge >= 0.3 is 0 Å². The van der Waals surface area contributed by atoms with E-state index in [0.717, 1.165) is 19.0 Å². The average molecular weight is 309 g/mol. The first-order chi connectivity index (χ1) is 10.5. The van der Waals surface area contributed by atoms with Crippen molar-refractivity contribution in [3.63, 3.8) is 0 Å². The Labute approximate surface area is 137 Å². The van der Waals surface area contributed by atoms with Crippen LogP contribution in [0.15, 0.2) is 4.99 Å². The van der Waals surface area contributed by atoms with Gasteiger partial charge in [0.05, 0.1) is 0 Å². The van der Waals surface area contributed by atoms with Crippen LogP contribution in [0.25, 0.3) is 0 Å².